The summed E-state index contributed by atoms with van der Waals surface area (Å²) in [6.45, 7) is 4.36. The van der Waals surface area contributed by atoms with Crippen LogP contribution in [0.5, 0.6) is 5.75 Å². The minimum absolute atomic E-state index is 0.148. The van der Waals surface area contributed by atoms with E-state index in [1.54, 1.807) is 12.1 Å². The minimum Gasteiger partial charge on any atom is -0.495 e. The van der Waals surface area contributed by atoms with Crippen LogP contribution in [-0.4, -0.2) is 38.8 Å². The van der Waals surface area contributed by atoms with Crippen LogP contribution in [-0.2, 0) is 14.8 Å². The molecule has 1 atom stereocenters. The lowest BCUT2D eigenvalue weighted by Crippen LogP contribution is -2.43. The molecular weight excluding hydrogens is 376 g/mol. The van der Waals surface area contributed by atoms with E-state index in [0.717, 1.165) is 16.8 Å². The van der Waals surface area contributed by atoms with Crippen molar-refractivity contribution < 1.29 is 17.9 Å². The predicted octanol–water partition coefficient (Wildman–Crippen LogP) is 3.35. The lowest BCUT2D eigenvalue weighted by Gasteiger charge is -2.31. The van der Waals surface area contributed by atoms with Crippen molar-refractivity contribution in [1.29, 1.82) is 0 Å². The van der Waals surface area contributed by atoms with Crippen LogP contribution in [0.1, 0.15) is 24.0 Å². The molecule has 0 radical (unpaired) electrons. The molecule has 28 heavy (non-hydrogen) atoms. The van der Waals surface area contributed by atoms with Gasteiger partial charge in [-0.1, -0.05) is 18.2 Å². The van der Waals surface area contributed by atoms with Gasteiger partial charge in [0, 0.05) is 18.8 Å². The van der Waals surface area contributed by atoms with Gasteiger partial charge in [0.2, 0.25) is 15.9 Å². The third-order valence-electron chi connectivity index (χ3n) is 4.98. The first-order chi connectivity index (χ1) is 13.3. The molecule has 1 fully saturated rings. The number of sulfonamides is 1. The summed E-state index contributed by atoms with van der Waals surface area (Å²) in [5.74, 6) is -0.224. The third kappa shape index (κ3) is 4.36. The number of carbonyl (C=O) groups is 1. The standard InChI is InChI=1S/C21H26N2O4S/c1-15-6-4-8-18(12-15)22-21(24)17-7-5-11-23(14-17)28(25,26)20-13-16(2)9-10-19(20)27-3/h4,6,8-10,12-13,17H,5,7,11,14H2,1-3H3,(H,22,24). The van der Waals surface area contributed by atoms with Gasteiger partial charge in [0.1, 0.15) is 10.6 Å². The van der Waals surface area contributed by atoms with Crippen molar-refractivity contribution in [2.24, 2.45) is 5.92 Å². The van der Waals surface area contributed by atoms with Crippen LogP contribution in [0.2, 0.25) is 0 Å². The number of piperidine rings is 1. The first-order valence-electron chi connectivity index (χ1n) is 9.33. The normalized spacial score (nSPS) is 17.9. The molecule has 7 heteroatoms. The van der Waals surface area contributed by atoms with Gasteiger partial charge in [-0.25, -0.2) is 8.42 Å². The molecule has 3 rings (SSSR count). The van der Waals surface area contributed by atoms with Crippen molar-refractivity contribution in [2.45, 2.75) is 31.6 Å². The number of nitrogens with one attached hydrogen (secondary N) is 1. The largest absolute Gasteiger partial charge is 0.495 e. The van der Waals surface area contributed by atoms with Gasteiger partial charge in [0.15, 0.2) is 0 Å². The summed E-state index contributed by atoms with van der Waals surface area (Å²) in [7, 11) is -2.29. The van der Waals surface area contributed by atoms with E-state index >= 15 is 0 Å². The Balaban J connectivity index is 1.79. The highest BCUT2D eigenvalue weighted by atomic mass is 32.2. The molecule has 2 aromatic carbocycles. The summed E-state index contributed by atoms with van der Waals surface area (Å²) in [5, 5.41) is 2.91. The third-order valence-corrected chi connectivity index (χ3v) is 6.86. The average molecular weight is 403 g/mol. The highest BCUT2D eigenvalue weighted by molar-refractivity contribution is 7.89. The Morgan fingerprint density at radius 3 is 2.61 bits per heavy atom. The first-order valence-corrected chi connectivity index (χ1v) is 10.8. The van der Waals surface area contributed by atoms with Crippen LogP contribution in [0.3, 0.4) is 0 Å². The molecule has 1 aliphatic rings. The summed E-state index contributed by atoms with van der Waals surface area (Å²) < 4.78 is 33.1. The van der Waals surface area contributed by atoms with Gasteiger partial charge in [0.05, 0.1) is 13.0 Å². The molecule has 0 bridgehead atoms. The van der Waals surface area contributed by atoms with E-state index in [4.69, 9.17) is 4.74 Å². The molecule has 150 valence electrons. The zero-order valence-corrected chi connectivity index (χ0v) is 17.3. The first kappa shape index (κ1) is 20.4. The molecular formula is C21H26N2O4S. The number of rotatable bonds is 5. The summed E-state index contributed by atoms with van der Waals surface area (Å²) >= 11 is 0. The predicted molar refractivity (Wildman–Crippen MR) is 109 cm³/mol. The molecule has 0 spiro atoms. The van der Waals surface area contributed by atoms with Crippen molar-refractivity contribution in [3.8, 4) is 5.75 Å². The molecule has 0 aromatic heterocycles. The number of methoxy groups -OCH3 is 1. The smallest absolute Gasteiger partial charge is 0.246 e. The molecule has 1 aliphatic heterocycles. The molecule has 0 saturated carbocycles. The van der Waals surface area contributed by atoms with Gasteiger partial charge in [-0.15, -0.1) is 0 Å². The second-order valence-electron chi connectivity index (χ2n) is 7.22. The molecule has 1 unspecified atom stereocenters. The number of ether oxygens (including phenoxy) is 1. The number of carbonyl (C=O) groups excluding carboxylic acids is 1. The second-order valence-corrected chi connectivity index (χ2v) is 9.12. The quantitative estimate of drug-likeness (QED) is 0.832. The number of anilines is 1. The van der Waals surface area contributed by atoms with Crippen LogP contribution >= 0.6 is 0 Å². The lowest BCUT2D eigenvalue weighted by molar-refractivity contribution is -0.120. The van der Waals surface area contributed by atoms with Gasteiger partial charge in [-0.3, -0.25) is 4.79 Å². The van der Waals surface area contributed by atoms with Crippen LogP contribution in [0.4, 0.5) is 5.69 Å². The van der Waals surface area contributed by atoms with E-state index in [-0.39, 0.29) is 23.3 Å². The van der Waals surface area contributed by atoms with Gasteiger partial charge in [-0.2, -0.15) is 4.31 Å². The molecule has 1 saturated heterocycles. The Bertz CT molecular complexity index is 972. The van der Waals surface area contributed by atoms with Crippen molar-refractivity contribution in [2.75, 3.05) is 25.5 Å². The number of hydrogen-bond acceptors (Lipinski definition) is 4. The van der Waals surface area contributed by atoms with Gasteiger partial charge >= 0.3 is 0 Å². The fourth-order valence-corrected chi connectivity index (χ4v) is 5.23. The fourth-order valence-electron chi connectivity index (χ4n) is 3.47. The number of benzene rings is 2. The Labute approximate surface area is 166 Å². The lowest BCUT2D eigenvalue weighted by atomic mass is 9.98. The Morgan fingerprint density at radius 1 is 1.14 bits per heavy atom. The summed E-state index contributed by atoms with van der Waals surface area (Å²) in [5.41, 5.74) is 2.62. The van der Waals surface area contributed by atoms with Gasteiger partial charge in [-0.05, 0) is 62.1 Å². The van der Waals surface area contributed by atoms with E-state index in [0.29, 0.717) is 25.1 Å². The zero-order valence-electron chi connectivity index (χ0n) is 16.4. The van der Waals surface area contributed by atoms with Crippen LogP contribution in [0.15, 0.2) is 47.4 Å². The average Bonchev–Trinajstić information content (AvgIpc) is 2.68. The van der Waals surface area contributed by atoms with Crippen molar-refractivity contribution in [3.05, 3.63) is 53.6 Å². The molecule has 1 amide bonds. The Morgan fingerprint density at radius 2 is 1.89 bits per heavy atom. The topological polar surface area (TPSA) is 75.7 Å². The maximum absolute atomic E-state index is 13.2. The highest BCUT2D eigenvalue weighted by Crippen LogP contribution is 2.31. The van der Waals surface area contributed by atoms with Gasteiger partial charge in [0.25, 0.3) is 0 Å². The number of hydrogen-bond donors (Lipinski definition) is 1. The number of aryl methyl sites for hydroxylation is 2. The molecule has 1 N–H and O–H groups in total. The maximum atomic E-state index is 13.2. The SMILES string of the molecule is COc1ccc(C)cc1S(=O)(=O)N1CCCC(C(=O)Nc2cccc(C)c2)C1. The van der Waals surface area contributed by atoms with E-state index in [1.165, 1.54) is 11.4 Å². The fraction of sp³-hybridized carbons (Fsp3) is 0.381. The molecule has 1 heterocycles. The van der Waals surface area contributed by atoms with Crippen LogP contribution in [0.25, 0.3) is 0 Å². The second kappa shape index (κ2) is 8.32. The molecule has 6 nitrogen and oxygen atoms in total. The summed E-state index contributed by atoms with van der Waals surface area (Å²) in [4.78, 5) is 12.9. The Kier molecular flexibility index (Phi) is 6.05. The van der Waals surface area contributed by atoms with E-state index in [1.807, 2.05) is 44.2 Å². The van der Waals surface area contributed by atoms with E-state index < -0.39 is 10.0 Å². The van der Waals surface area contributed by atoms with Crippen LogP contribution in [0, 0.1) is 19.8 Å². The Hall–Kier alpha value is -2.38. The number of amides is 1. The molecule has 0 aliphatic carbocycles. The number of nitrogens with zero attached hydrogens (tertiary/aromatic N) is 1. The van der Waals surface area contributed by atoms with Crippen molar-refractivity contribution >= 4 is 21.6 Å². The monoisotopic (exact) mass is 402 g/mol. The summed E-state index contributed by atoms with van der Waals surface area (Å²) in [6, 6.07) is 12.7. The zero-order chi connectivity index (χ0) is 20.3. The molecule has 2 aromatic rings. The van der Waals surface area contributed by atoms with E-state index in [9.17, 15) is 13.2 Å². The van der Waals surface area contributed by atoms with Gasteiger partial charge < -0.3 is 10.1 Å². The van der Waals surface area contributed by atoms with E-state index in [2.05, 4.69) is 5.32 Å². The van der Waals surface area contributed by atoms with Crippen LogP contribution < -0.4 is 10.1 Å². The van der Waals surface area contributed by atoms with Crippen molar-refractivity contribution in [3.63, 3.8) is 0 Å². The van der Waals surface area contributed by atoms with Crippen molar-refractivity contribution in [1.82, 2.24) is 4.31 Å². The summed E-state index contributed by atoms with van der Waals surface area (Å²) in [6.07, 6.45) is 1.30. The maximum Gasteiger partial charge on any atom is 0.246 e. The highest BCUT2D eigenvalue weighted by Gasteiger charge is 2.34. The minimum atomic E-state index is -3.74.